The number of hydrogen-bond acceptors (Lipinski definition) is 4. The van der Waals surface area contributed by atoms with Crippen molar-refractivity contribution in [2.45, 2.75) is 25.2 Å². The largest absolute Gasteiger partial charge is 0.495 e. The van der Waals surface area contributed by atoms with E-state index in [4.69, 9.17) is 10.5 Å². The molecule has 7 heteroatoms. The molecule has 0 spiro atoms. The van der Waals surface area contributed by atoms with Crippen molar-refractivity contribution < 1.29 is 13.2 Å². The molecule has 0 radical (unpaired) electrons. The van der Waals surface area contributed by atoms with Crippen LogP contribution < -0.4 is 10.5 Å². The van der Waals surface area contributed by atoms with Gasteiger partial charge < -0.3 is 10.5 Å². The maximum atomic E-state index is 13.2. The van der Waals surface area contributed by atoms with E-state index in [2.05, 4.69) is 0 Å². The van der Waals surface area contributed by atoms with Crippen molar-refractivity contribution in [1.29, 1.82) is 0 Å². The van der Waals surface area contributed by atoms with Gasteiger partial charge in [0.25, 0.3) is 0 Å². The molecule has 26 heavy (non-hydrogen) atoms. The van der Waals surface area contributed by atoms with Crippen LogP contribution in [0.2, 0.25) is 0 Å². The van der Waals surface area contributed by atoms with Gasteiger partial charge in [0.15, 0.2) is 0 Å². The predicted octanol–water partition coefficient (Wildman–Crippen LogP) is 2.93. The van der Waals surface area contributed by atoms with Gasteiger partial charge in [0.1, 0.15) is 10.6 Å². The molecule has 2 aromatic carbocycles. The summed E-state index contributed by atoms with van der Waals surface area (Å²) in [6, 6.07) is 13.4. The number of benzene rings is 2. The van der Waals surface area contributed by atoms with Crippen molar-refractivity contribution in [2.75, 3.05) is 26.7 Å². The highest BCUT2D eigenvalue weighted by molar-refractivity contribution is 7.89. The minimum atomic E-state index is -3.69. The average molecular weight is 399 g/mol. The van der Waals surface area contributed by atoms with Crippen LogP contribution in [0.15, 0.2) is 47.4 Å². The van der Waals surface area contributed by atoms with Gasteiger partial charge in [-0.3, -0.25) is 0 Å². The fourth-order valence-electron chi connectivity index (χ4n) is 2.90. The Bertz CT molecular complexity index is 811. The monoisotopic (exact) mass is 398 g/mol. The van der Waals surface area contributed by atoms with Gasteiger partial charge in [-0.25, -0.2) is 8.42 Å². The number of methoxy groups -OCH3 is 1. The normalized spacial score (nSPS) is 11.3. The SMILES string of the molecule is COc1c(C)cc(C)cc1S(=O)(=O)N(CCN)CCc1ccccc1.Cl. The van der Waals surface area contributed by atoms with E-state index in [1.54, 1.807) is 6.07 Å². The van der Waals surface area contributed by atoms with Gasteiger partial charge >= 0.3 is 0 Å². The third-order valence-corrected chi connectivity index (χ3v) is 5.98. The molecular weight excluding hydrogens is 372 g/mol. The summed E-state index contributed by atoms with van der Waals surface area (Å²) >= 11 is 0. The molecule has 144 valence electrons. The molecule has 0 bridgehead atoms. The third kappa shape index (κ3) is 5.20. The molecule has 0 unspecified atom stereocenters. The minimum Gasteiger partial charge on any atom is -0.495 e. The Morgan fingerprint density at radius 3 is 2.31 bits per heavy atom. The van der Waals surface area contributed by atoms with E-state index in [0.29, 0.717) is 18.7 Å². The molecule has 0 aliphatic heterocycles. The van der Waals surface area contributed by atoms with Gasteiger partial charge in [-0.1, -0.05) is 36.4 Å². The zero-order valence-electron chi connectivity index (χ0n) is 15.4. The fourth-order valence-corrected chi connectivity index (χ4v) is 4.67. The lowest BCUT2D eigenvalue weighted by atomic mass is 10.1. The first-order valence-electron chi connectivity index (χ1n) is 8.29. The van der Waals surface area contributed by atoms with Crippen LogP contribution in [0.5, 0.6) is 5.75 Å². The summed E-state index contributed by atoms with van der Waals surface area (Å²) in [6.45, 7) is 4.64. The topological polar surface area (TPSA) is 72.6 Å². The quantitative estimate of drug-likeness (QED) is 0.742. The highest BCUT2D eigenvalue weighted by Crippen LogP contribution is 2.31. The van der Waals surface area contributed by atoms with Crippen LogP contribution in [0.1, 0.15) is 16.7 Å². The number of halogens is 1. The van der Waals surface area contributed by atoms with Crippen LogP contribution in [-0.4, -0.2) is 39.5 Å². The van der Waals surface area contributed by atoms with Crippen LogP contribution in [0.3, 0.4) is 0 Å². The van der Waals surface area contributed by atoms with Crippen LogP contribution in [0.4, 0.5) is 0 Å². The van der Waals surface area contributed by atoms with E-state index in [9.17, 15) is 8.42 Å². The third-order valence-electron chi connectivity index (χ3n) is 4.08. The summed E-state index contributed by atoms with van der Waals surface area (Å²) < 4.78 is 33.2. The van der Waals surface area contributed by atoms with E-state index in [-0.39, 0.29) is 30.4 Å². The summed E-state index contributed by atoms with van der Waals surface area (Å²) in [5, 5.41) is 0. The van der Waals surface area contributed by atoms with E-state index in [1.807, 2.05) is 50.2 Å². The summed E-state index contributed by atoms with van der Waals surface area (Å²) in [5.74, 6) is 0.396. The van der Waals surface area contributed by atoms with Crippen molar-refractivity contribution in [3.05, 3.63) is 59.2 Å². The zero-order chi connectivity index (χ0) is 18.4. The van der Waals surface area contributed by atoms with Crippen molar-refractivity contribution in [3.8, 4) is 5.75 Å². The Morgan fingerprint density at radius 1 is 1.08 bits per heavy atom. The van der Waals surface area contributed by atoms with Crippen molar-refractivity contribution in [3.63, 3.8) is 0 Å². The maximum absolute atomic E-state index is 13.2. The number of nitrogens with two attached hydrogens (primary N) is 1. The Kier molecular flexibility index (Phi) is 8.56. The molecule has 0 heterocycles. The van der Waals surface area contributed by atoms with E-state index in [0.717, 1.165) is 16.7 Å². The predicted molar refractivity (Wildman–Crippen MR) is 108 cm³/mol. The molecule has 0 saturated heterocycles. The maximum Gasteiger partial charge on any atom is 0.246 e. The molecule has 2 rings (SSSR count). The lowest BCUT2D eigenvalue weighted by Gasteiger charge is -2.23. The molecule has 5 nitrogen and oxygen atoms in total. The molecule has 0 aromatic heterocycles. The number of aryl methyl sites for hydroxylation is 2. The van der Waals surface area contributed by atoms with Gasteiger partial charge in [-0.2, -0.15) is 4.31 Å². The fraction of sp³-hybridized carbons (Fsp3) is 0.368. The van der Waals surface area contributed by atoms with Gasteiger partial charge in [0.05, 0.1) is 7.11 Å². The smallest absolute Gasteiger partial charge is 0.246 e. The lowest BCUT2D eigenvalue weighted by molar-refractivity contribution is 0.388. The zero-order valence-corrected chi connectivity index (χ0v) is 17.1. The first kappa shape index (κ1) is 22.4. The molecule has 2 aromatic rings. The molecule has 2 N–H and O–H groups in total. The molecular formula is C19H27ClN2O3S. The van der Waals surface area contributed by atoms with Crippen LogP contribution >= 0.6 is 12.4 Å². The minimum absolute atomic E-state index is 0. The molecule has 0 aliphatic rings. The Morgan fingerprint density at radius 2 is 1.73 bits per heavy atom. The Balaban J connectivity index is 0.00000338. The molecule has 0 saturated carbocycles. The second-order valence-corrected chi connectivity index (χ2v) is 7.95. The van der Waals surface area contributed by atoms with Gasteiger partial charge in [0.2, 0.25) is 10.0 Å². The van der Waals surface area contributed by atoms with Crippen molar-refractivity contribution in [2.24, 2.45) is 5.73 Å². The second kappa shape index (κ2) is 9.92. The average Bonchev–Trinajstić information content (AvgIpc) is 2.58. The summed E-state index contributed by atoms with van der Waals surface area (Å²) in [4.78, 5) is 0.203. The summed E-state index contributed by atoms with van der Waals surface area (Å²) in [6.07, 6.45) is 0.632. The van der Waals surface area contributed by atoms with Crippen LogP contribution in [0, 0.1) is 13.8 Å². The number of ether oxygens (including phenoxy) is 1. The van der Waals surface area contributed by atoms with Gasteiger partial charge in [0, 0.05) is 19.6 Å². The van der Waals surface area contributed by atoms with Gasteiger partial charge in [-0.05, 0) is 43.0 Å². The highest BCUT2D eigenvalue weighted by Gasteiger charge is 2.28. The number of sulfonamides is 1. The van der Waals surface area contributed by atoms with E-state index in [1.165, 1.54) is 11.4 Å². The van der Waals surface area contributed by atoms with Gasteiger partial charge in [-0.15, -0.1) is 12.4 Å². The van der Waals surface area contributed by atoms with E-state index < -0.39 is 10.0 Å². The molecule has 0 aliphatic carbocycles. The first-order valence-corrected chi connectivity index (χ1v) is 9.73. The summed E-state index contributed by atoms with van der Waals surface area (Å²) in [7, 11) is -2.20. The Labute approximate surface area is 162 Å². The van der Waals surface area contributed by atoms with Crippen LogP contribution in [-0.2, 0) is 16.4 Å². The first-order chi connectivity index (χ1) is 11.9. The van der Waals surface area contributed by atoms with Crippen LogP contribution in [0.25, 0.3) is 0 Å². The Hall–Kier alpha value is -1.60. The standard InChI is InChI=1S/C19H26N2O3S.ClH/c1-15-13-16(2)19(24-3)18(14-15)25(22,23)21(12-10-20)11-9-17-7-5-4-6-8-17;/h4-8,13-14H,9-12,20H2,1-3H3;1H. The lowest BCUT2D eigenvalue weighted by Crippen LogP contribution is -2.37. The summed E-state index contributed by atoms with van der Waals surface area (Å²) in [5.41, 5.74) is 8.44. The number of hydrogen-bond donors (Lipinski definition) is 1. The molecule has 0 atom stereocenters. The molecule has 0 fully saturated rings. The second-order valence-electron chi connectivity index (χ2n) is 6.04. The van der Waals surface area contributed by atoms with Crippen molar-refractivity contribution in [1.82, 2.24) is 4.31 Å². The number of nitrogens with zero attached hydrogens (tertiary/aromatic N) is 1. The molecule has 0 amide bonds. The highest BCUT2D eigenvalue weighted by atomic mass is 35.5. The number of rotatable bonds is 8. The van der Waals surface area contributed by atoms with Crippen molar-refractivity contribution >= 4 is 22.4 Å². The van der Waals surface area contributed by atoms with E-state index >= 15 is 0 Å².